The van der Waals surface area contributed by atoms with Gasteiger partial charge in [-0.05, 0) is 56.1 Å². The molecule has 0 atom stereocenters. The molecule has 0 bridgehead atoms. The van der Waals surface area contributed by atoms with E-state index in [9.17, 15) is 4.39 Å². The monoisotopic (exact) mass is 412 g/mol. The number of hydrogen-bond acceptors (Lipinski definition) is 5. The van der Waals surface area contributed by atoms with E-state index in [1.54, 1.807) is 12.3 Å². The van der Waals surface area contributed by atoms with Crippen LogP contribution in [0.3, 0.4) is 0 Å². The molecule has 2 aromatic heterocycles. The number of nitrogens with two attached hydrogens (primary N) is 1. The highest BCUT2D eigenvalue weighted by Gasteiger charge is 2.17. The summed E-state index contributed by atoms with van der Waals surface area (Å²) < 4.78 is 20.4. The fourth-order valence-corrected chi connectivity index (χ4v) is 2.88. The quantitative estimate of drug-likeness (QED) is 0.641. The van der Waals surface area contributed by atoms with Gasteiger partial charge >= 0.3 is 0 Å². The molecule has 0 amide bonds. The first-order chi connectivity index (χ1) is 10.0. The number of halogens is 3. The van der Waals surface area contributed by atoms with Gasteiger partial charge in [0.15, 0.2) is 0 Å². The molecule has 8 heteroatoms. The first-order valence-electron chi connectivity index (χ1n) is 5.75. The number of aromatic nitrogens is 3. The third-order valence-electron chi connectivity index (χ3n) is 2.67. The Morgan fingerprint density at radius 3 is 2.76 bits per heavy atom. The van der Waals surface area contributed by atoms with E-state index in [1.807, 2.05) is 0 Å². The lowest BCUT2D eigenvalue weighted by molar-refractivity contribution is 0.429. The maximum atomic E-state index is 13.8. The van der Waals surface area contributed by atoms with Crippen LogP contribution in [0.1, 0.15) is 0 Å². The van der Waals surface area contributed by atoms with Gasteiger partial charge in [-0.15, -0.1) is 0 Å². The third kappa shape index (κ3) is 2.81. The molecule has 0 fully saturated rings. The summed E-state index contributed by atoms with van der Waals surface area (Å²) >= 11 is 6.68. The fourth-order valence-electron chi connectivity index (χ4n) is 1.71. The zero-order valence-electron chi connectivity index (χ0n) is 10.3. The molecule has 0 saturated carbocycles. The van der Waals surface area contributed by atoms with Crippen molar-refractivity contribution in [1.82, 2.24) is 15.1 Å². The molecule has 3 rings (SSSR count). The van der Waals surface area contributed by atoms with E-state index in [-0.39, 0.29) is 17.3 Å². The second kappa shape index (κ2) is 5.53. The SMILES string of the molecule is Nc1ccc(F)c(-c2nc(-c3ncc(Br)cc3Br)no2)c1. The second-order valence-corrected chi connectivity index (χ2v) is 5.92. The van der Waals surface area contributed by atoms with Gasteiger partial charge in [0.1, 0.15) is 11.5 Å². The summed E-state index contributed by atoms with van der Waals surface area (Å²) in [6.07, 6.45) is 1.61. The van der Waals surface area contributed by atoms with Crippen LogP contribution < -0.4 is 5.73 Å². The van der Waals surface area contributed by atoms with E-state index in [1.165, 1.54) is 18.2 Å². The highest BCUT2D eigenvalue weighted by atomic mass is 79.9. The van der Waals surface area contributed by atoms with Crippen molar-refractivity contribution in [3.63, 3.8) is 0 Å². The van der Waals surface area contributed by atoms with Gasteiger partial charge in [-0.1, -0.05) is 5.16 Å². The zero-order valence-corrected chi connectivity index (χ0v) is 13.5. The maximum absolute atomic E-state index is 13.8. The van der Waals surface area contributed by atoms with Gasteiger partial charge in [-0.25, -0.2) is 4.39 Å². The van der Waals surface area contributed by atoms with Crippen molar-refractivity contribution < 1.29 is 8.91 Å². The van der Waals surface area contributed by atoms with Crippen LogP contribution >= 0.6 is 31.9 Å². The van der Waals surface area contributed by atoms with Crippen LogP contribution in [0, 0.1) is 5.82 Å². The zero-order chi connectivity index (χ0) is 15.0. The standard InChI is InChI=1S/C13H7Br2FN4O/c14-6-3-9(15)11(18-5-6)12-19-13(21-20-12)8-4-7(17)1-2-10(8)16/h1-5H,17H2. The predicted molar refractivity (Wildman–Crippen MR) is 82.7 cm³/mol. The summed E-state index contributed by atoms with van der Waals surface area (Å²) in [5, 5.41) is 3.82. The Hall–Kier alpha value is -1.80. The summed E-state index contributed by atoms with van der Waals surface area (Å²) in [5.41, 5.74) is 6.71. The highest BCUT2D eigenvalue weighted by molar-refractivity contribution is 9.11. The van der Waals surface area contributed by atoms with Gasteiger partial charge in [0.25, 0.3) is 5.89 Å². The molecule has 5 nitrogen and oxygen atoms in total. The lowest BCUT2D eigenvalue weighted by Gasteiger charge is -1.99. The first-order valence-corrected chi connectivity index (χ1v) is 7.34. The van der Waals surface area contributed by atoms with Crippen molar-refractivity contribution in [2.75, 3.05) is 5.73 Å². The number of hydrogen-bond donors (Lipinski definition) is 1. The molecule has 0 aliphatic heterocycles. The van der Waals surface area contributed by atoms with E-state index < -0.39 is 5.82 Å². The summed E-state index contributed by atoms with van der Waals surface area (Å²) in [5.74, 6) is -0.181. The minimum Gasteiger partial charge on any atom is -0.399 e. The fraction of sp³-hybridized carbons (Fsp3) is 0. The van der Waals surface area contributed by atoms with Crippen molar-refractivity contribution in [2.45, 2.75) is 0 Å². The first kappa shape index (κ1) is 14.2. The molecule has 0 radical (unpaired) electrons. The van der Waals surface area contributed by atoms with Crippen molar-refractivity contribution in [3.05, 3.63) is 45.2 Å². The van der Waals surface area contributed by atoms with Crippen molar-refractivity contribution >= 4 is 37.5 Å². The van der Waals surface area contributed by atoms with Crippen molar-refractivity contribution in [2.24, 2.45) is 0 Å². The van der Waals surface area contributed by atoms with Crippen LogP contribution in [-0.2, 0) is 0 Å². The Bertz CT molecular complexity index is 822. The number of nitrogens with zero attached hydrogens (tertiary/aromatic N) is 3. The number of rotatable bonds is 2. The van der Waals surface area contributed by atoms with Crippen LogP contribution in [0.4, 0.5) is 10.1 Å². The average Bonchev–Trinajstić information content (AvgIpc) is 2.91. The number of benzene rings is 1. The van der Waals surface area contributed by atoms with Crippen LogP contribution in [0.15, 0.2) is 43.9 Å². The van der Waals surface area contributed by atoms with Gasteiger partial charge in [0, 0.05) is 20.8 Å². The number of nitrogen functional groups attached to an aromatic ring is 1. The highest BCUT2D eigenvalue weighted by Crippen LogP contribution is 2.29. The van der Waals surface area contributed by atoms with Crippen LogP contribution in [0.5, 0.6) is 0 Å². The van der Waals surface area contributed by atoms with Crippen LogP contribution in [-0.4, -0.2) is 15.1 Å². The van der Waals surface area contributed by atoms with E-state index in [0.717, 1.165) is 4.47 Å². The minimum atomic E-state index is -0.484. The van der Waals surface area contributed by atoms with E-state index in [0.29, 0.717) is 15.9 Å². The summed E-state index contributed by atoms with van der Waals surface area (Å²) in [4.78, 5) is 8.36. The minimum absolute atomic E-state index is 0.0476. The van der Waals surface area contributed by atoms with Crippen molar-refractivity contribution in [1.29, 1.82) is 0 Å². The van der Waals surface area contributed by atoms with E-state index >= 15 is 0 Å². The lowest BCUT2D eigenvalue weighted by atomic mass is 10.2. The Balaban J connectivity index is 2.06. The van der Waals surface area contributed by atoms with Gasteiger partial charge < -0.3 is 10.3 Å². The molecule has 0 spiro atoms. The molecule has 2 N–H and O–H groups in total. The molecule has 21 heavy (non-hydrogen) atoms. The van der Waals surface area contributed by atoms with E-state index in [2.05, 4.69) is 47.0 Å². The maximum Gasteiger partial charge on any atom is 0.261 e. The molecule has 2 heterocycles. The van der Waals surface area contributed by atoms with Gasteiger partial charge in [0.2, 0.25) is 5.82 Å². The van der Waals surface area contributed by atoms with Gasteiger partial charge in [-0.2, -0.15) is 4.98 Å². The van der Waals surface area contributed by atoms with Crippen molar-refractivity contribution in [3.8, 4) is 23.0 Å². The molecule has 1 aromatic carbocycles. The molecule has 0 aliphatic carbocycles. The number of anilines is 1. The summed E-state index contributed by atoms with van der Waals surface area (Å²) in [6.45, 7) is 0. The van der Waals surface area contributed by atoms with Crippen LogP contribution in [0.2, 0.25) is 0 Å². The lowest BCUT2D eigenvalue weighted by Crippen LogP contribution is -1.90. The topological polar surface area (TPSA) is 77.8 Å². The molecule has 106 valence electrons. The smallest absolute Gasteiger partial charge is 0.261 e. The van der Waals surface area contributed by atoms with Gasteiger partial charge in [0.05, 0.1) is 5.56 Å². The largest absolute Gasteiger partial charge is 0.399 e. The Morgan fingerprint density at radius 1 is 1.19 bits per heavy atom. The Morgan fingerprint density at radius 2 is 2.00 bits per heavy atom. The average molecular weight is 414 g/mol. The predicted octanol–water partition coefficient (Wildman–Crippen LogP) is 4.04. The van der Waals surface area contributed by atoms with Crippen LogP contribution in [0.25, 0.3) is 23.0 Å². The molecule has 0 unspecified atom stereocenters. The third-order valence-corrected chi connectivity index (χ3v) is 3.70. The molecule has 3 aromatic rings. The molecule has 0 saturated heterocycles. The Labute approximate surface area is 135 Å². The molecule has 0 aliphatic rings. The normalized spacial score (nSPS) is 10.8. The van der Waals surface area contributed by atoms with E-state index in [4.69, 9.17) is 10.3 Å². The molecular weight excluding hydrogens is 407 g/mol. The van der Waals surface area contributed by atoms with Gasteiger partial charge in [-0.3, -0.25) is 4.98 Å². The summed E-state index contributed by atoms with van der Waals surface area (Å²) in [6, 6.07) is 5.96. The second-order valence-electron chi connectivity index (χ2n) is 4.15. The summed E-state index contributed by atoms with van der Waals surface area (Å²) in [7, 11) is 0. The number of pyridine rings is 1. The molecular formula is C13H7Br2FN4O. The Kier molecular flexibility index (Phi) is 3.73.